The Bertz CT molecular complexity index is 260. The van der Waals surface area contributed by atoms with Gasteiger partial charge in [0.25, 0.3) is 0 Å². The van der Waals surface area contributed by atoms with Crippen LogP contribution in [0.2, 0.25) is 0 Å². The topological polar surface area (TPSA) is 38.5 Å². The lowest BCUT2D eigenvalue weighted by atomic mass is 9.89. The molecule has 1 aliphatic carbocycles. The lowest BCUT2D eigenvalue weighted by Crippen LogP contribution is -2.64. The molecule has 1 aliphatic heterocycles. The Morgan fingerprint density at radius 1 is 1.41 bits per heavy atom. The first kappa shape index (κ1) is 13.7. The van der Waals surface area contributed by atoms with Crippen LogP contribution in [0.3, 0.4) is 0 Å². The van der Waals surface area contributed by atoms with Gasteiger partial charge in [0.15, 0.2) is 0 Å². The molecular weight excluding hydrogens is 232 g/mol. The average Bonchev–Trinajstić information content (AvgIpc) is 3.14. The summed E-state index contributed by atoms with van der Waals surface area (Å²) in [5.41, 5.74) is 6.25. The molecule has 0 spiro atoms. The Labute approximate surface area is 109 Å². The molecule has 2 aliphatic rings. The zero-order valence-electron chi connectivity index (χ0n) is 11.3. The second kappa shape index (κ2) is 5.47. The minimum atomic E-state index is 0.101. The third kappa shape index (κ3) is 2.50. The summed E-state index contributed by atoms with van der Waals surface area (Å²) in [7, 11) is 1.81. The number of hydrogen-bond acceptors (Lipinski definition) is 4. The molecule has 3 atom stereocenters. The summed E-state index contributed by atoms with van der Waals surface area (Å²) in [6.45, 7) is 7.36. The molecule has 1 heterocycles. The number of nitrogens with zero attached hydrogens (tertiary/aromatic N) is 1. The quantitative estimate of drug-likeness (QED) is 0.812. The normalized spacial score (nSPS) is 34.6. The van der Waals surface area contributed by atoms with Crippen LogP contribution < -0.4 is 5.73 Å². The van der Waals surface area contributed by atoms with Gasteiger partial charge in [-0.3, -0.25) is 4.90 Å². The molecule has 3 unspecified atom stereocenters. The highest BCUT2D eigenvalue weighted by atomic mass is 32.2. The fraction of sp³-hybridized carbons (Fsp3) is 1.00. The lowest BCUT2D eigenvalue weighted by Gasteiger charge is -2.50. The van der Waals surface area contributed by atoms with Crippen LogP contribution >= 0.6 is 11.8 Å². The first-order chi connectivity index (χ1) is 8.15. The largest absolute Gasteiger partial charge is 0.383 e. The maximum absolute atomic E-state index is 6.14. The van der Waals surface area contributed by atoms with E-state index in [-0.39, 0.29) is 5.54 Å². The highest BCUT2D eigenvalue weighted by Crippen LogP contribution is 2.45. The summed E-state index contributed by atoms with van der Waals surface area (Å²) in [5.74, 6) is 1.98. The highest BCUT2D eigenvalue weighted by Gasteiger charge is 2.51. The maximum atomic E-state index is 6.14. The molecule has 0 bridgehead atoms. The van der Waals surface area contributed by atoms with Gasteiger partial charge in [-0.2, -0.15) is 11.8 Å². The average molecular weight is 258 g/mol. The zero-order valence-corrected chi connectivity index (χ0v) is 12.1. The Balaban J connectivity index is 2.18. The van der Waals surface area contributed by atoms with Gasteiger partial charge < -0.3 is 10.5 Å². The van der Waals surface area contributed by atoms with Crippen molar-refractivity contribution < 1.29 is 4.74 Å². The van der Waals surface area contributed by atoms with E-state index in [2.05, 4.69) is 30.5 Å². The summed E-state index contributed by atoms with van der Waals surface area (Å²) in [4.78, 5) is 2.65. The predicted molar refractivity (Wildman–Crippen MR) is 74.5 cm³/mol. The van der Waals surface area contributed by atoms with E-state index in [1.807, 2.05) is 0 Å². The van der Waals surface area contributed by atoms with E-state index >= 15 is 0 Å². The van der Waals surface area contributed by atoms with E-state index in [1.54, 1.807) is 7.11 Å². The molecule has 100 valence electrons. The Morgan fingerprint density at radius 3 is 2.65 bits per heavy atom. The first-order valence-corrected chi connectivity index (χ1v) is 7.78. The Kier molecular flexibility index (Phi) is 4.40. The summed E-state index contributed by atoms with van der Waals surface area (Å²) in [6, 6.07) is 0.605. The van der Waals surface area contributed by atoms with E-state index in [4.69, 9.17) is 10.5 Å². The molecule has 2 N–H and O–H groups in total. The van der Waals surface area contributed by atoms with Crippen LogP contribution in [0.4, 0.5) is 0 Å². The van der Waals surface area contributed by atoms with Crippen molar-refractivity contribution in [2.45, 2.75) is 43.5 Å². The zero-order chi connectivity index (χ0) is 12.5. The van der Waals surface area contributed by atoms with E-state index in [1.165, 1.54) is 18.6 Å². The van der Waals surface area contributed by atoms with Crippen LogP contribution in [0.15, 0.2) is 0 Å². The van der Waals surface area contributed by atoms with Gasteiger partial charge in [-0.1, -0.05) is 6.92 Å². The van der Waals surface area contributed by atoms with Gasteiger partial charge in [0.05, 0.1) is 12.1 Å². The third-order valence-electron chi connectivity index (χ3n) is 4.54. The van der Waals surface area contributed by atoms with Gasteiger partial charge >= 0.3 is 0 Å². The number of thioether (sulfide) groups is 1. The van der Waals surface area contributed by atoms with Crippen molar-refractivity contribution in [3.8, 4) is 0 Å². The molecule has 0 aromatic carbocycles. The number of rotatable bonds is 5. The van der Waals surface area contributed by atoms with Crippen LogP contribution in [0.5, 0.6) is 0 Å². The summed E-state index contributed by atoms with van der Waals surface area (Å²) in [5, 5.41) is 0.699. The van der Waals surface area contributed by atoms with Crippen LogP contribution in [0.25, 0.3) is 0 Å². The molecule has 0 radical (unpaired) electrons. The van der Waals surface area contributed by atoms with Crippen LogP contribution in [0, 0.1) is 5.92 Å². The minimum absolute atomic E-state index is 0.101. The number of nitrogens with two attached hydrogens (primary N) is 1. The molecule has 1 saturated carbocycles. The van der Waals surface area contributed by atoms with E-state index in [9.17, 15) is 0 Å². The minimum Gasteiger partial charge on any atom is -0.383 e. The second-order valence-corrected chi connectivity index (χ2v) is 7.01. The fourth-order valence-electron chi connectivity index (χ4n) is 3.21. The van der Waals surface area contributed by atoms with Crippen molar-refractivity contribution in [1.82, 2.24) is 4.90 Å². The summed E-state index contributed by atoms with van der Waals surface area (Å²) >= 11 is 2.08. The first-order valence-electron chi connectivity index (χ1n) is 6.73. The molecule has 4 heteroatoms. The van der Waals surface area contributed by atoms with E-state index < -0.39 is 0 Å². The van der Waals surface area contributed by atoms with Crippen LogP contribution in [-0.2, 0) is 4.74 Å². The predicted octanol–water partition coefficient (Wildman–Crippen LogP) is 1.57. The van der Waals surface area contributed by atoms with Gasteiger partial charge in [-0.05, 0) is 25.7 Å². The number of methoxy groups -OCH3 is 1. The molecule has 0 aromatic rings. The van der Waals surface area contributed by atoms with Crippen LogP contribution in [0.1, 0.15) is 26.7 Å². The summed E-state index contributed by atoms with van der Waals surface area (Å²) in [6.07, 6.45) is 2.65. The van der Waals surface area contributed by atoms with Gasteiger partial charge in [0.2, 0.25) is 0 Å². The Morgan fingerprint density at radius 2 is 2.12 bits per heavy atom. The van der Waals surface area contributed by atoms with Crippen molar-refractivity contribution in [3.05, 3.63) is 0 Å². The molecular formula is C13H26N2OS. The van der Waals surface area contributed by atoms with Crippen molar-refractivity contribution in [3.63, 3.8) is 0 Å². The molecule has 0 aromatic heterocycles. The second-order valence-electron chi connectivity index (χ2n) is 5.52. The van der Waals surface area contributed by atoms with Gasteiger partial charge in [-0.15, -0.1) is 0 Å². The summed E-state index contributed by atoms with van der Waals surface area (Å²) < 4.78 is 5.51. The van der Waals surface area contributed by atoms with Gasteiger partial charge in [0.1, 0.15) is 0 Å². The van der Waals surface area contributed by atoms with Crippen molar-refractivity contribution in [2.24, 2.45) is 11.7 Å². The molecule has 0 amide bonds. The molecule has 17 heavy (non-hydrogen) atoms. The van der Waals surface area contributed by atoms with Crippen molar-refractivity contribution >= 4 is 11.8 Å². The van der Waals surface area contributed by atoms with E-state index in [0.29, 0.717) is 11.3 Å². The fourth-order valence-corrected chi connectivity index (χ4v) is 4.31. The maximum Gasteiger partial charge on any atom is 0.0661 e. The lowest BCUT2D eigenvalue weighted by molar-refractivity contribution is -0.0210. The number of hydrogen-bond donors (Lipinski definition) is 1. The standard InChI is InChI=1S/C13H26N2OS/c1-10-11(2)17-7-6-15(10)13(8-14,9-16-3)12-4-5-12/h10-12H,4-9,14H2,1-3H3. The molecule has 2 rings (SSSR count). The SMILES string of the molecule is COCC(CN)(C1CC1)N1CCSC(C)C1C. The third-order valence-corrected chi connectivity index (χ3v) is 5.88. The van der Waals surface area contributed by atoms with Gasteiger partial charge in [0, 0.05) is 37.2 Å². The molecule has 2 fully saturated rings. The highest BCUT2D eigenvalue weighted by molar-refractivity contribution is 8.00. The van der Waals surface area contributed by atoms with Crippen LogP contribution in [-0.4, -0.2) is 54.3 Å². The molecule has 3 nitrogen and oxygen atoms in total. The van der Waals surface area contributed by atoms with Gasteiger partial charge in [-0.25, -0.2) is 0 Å². The number of ether oxygens (including phenoxy) is 1. The van der Waals surface area contributed by atoms with Crippen molar-refractivity contribution in [2.75, 3.05) is 32.6 Å². The van der Waals surface area contributed by atoms with E-state index in [0.717, 1.165) is 25.6 Å². The van der Waals surface area contributed by atoms with Crippen molar-refractivity contribution in [1.29, 1.82) is 0 Å². The Hall–Kier alpha value is 0.230. The molecule has 1 saturated heterocycles. The monoisotopic (exact) mass is 258 g/mol. The smallest absolute Gasteiger partial charge is 0.0661 e.